The minimum atomic E-state index is -3.91. The molecule has 0 unspecified atom stereocenters. The van der Waals surface area contributed by atoms with Gasteiger partial charge in [0, 0.05) is 55.6 Å². The molecule has 218 valence electrons. The Kier molecular flexibility index (Phi) is 7.83. The second-order valence-electron chi connectivity index (χ2n) is 10.9. The highest BCUT2D eigenvalue weighted by Gasteiger charge is 2.26. The van der Waals surface area contributed by atoms with Crippen LogP contribution in [0.3, 0.4) is 0 Å². The second kappa shape index (κ2) is 11.7. The van der Waals surface area contributed by atoms with Crippen LogP contribution in [0.2, 0.25) is 0 Å². The topological polar surface area (TPSA) is 91.8 Å². The number of amides is 1. The summed E-state index contributed by atoms with van der Waals surface area (Å²) in [5, 5.41) is 0.877. The molecule has 2 heterocycles. The minimum Gasteiger partial charge on any atom is -0.494 e. The largest absolute Gasteiger partial charge is 0.494 e. The van der Waals surface area contributed by atoms with Crippen molar-refractivity contribution in [2.24, 2.45) is 0 Å². The third-order valence-corrected chi connectivity index (χ3v) is 9.68. The molecule has 1 aromatic heterocycles. The first-order chi connectivity index (χ1) is 20.3. The van der Waals surface area contributed by atoms with Gasteiger partial charge in [-0.1, -0.05) is 24.6 Å². The third kappa shape index (κ3) is 5.69. The minimum absolute atomic E-state index is 0.110. The lowest BCUT2D eigenvalue weighted by Gasteiger charge is -2.34. The van der Waals surface area contributed by atoms with Gasteiger partial charge in [0.2, 0.25) is 0 Å². The van der Waals surface area contributed by atoms with E-state index in [2.05, 4.69) is 14.6 Å². The van der Waals surface area contributed by atoms with Gasteiger partial charge in [0.15, 0.2) is 11.6 Å². The number of anilines is 1. The maximum Gasteiger partial charge on any atom is 0.264 e. The summed E-state index contributed by atoms with van der Waals surface area (Å²) in [6.07, 6.45) is 5.03. The summed E-state index contributed by atoms with van der Waals surface area (Å²) in [5.74, 6) is 0.173. The molecular formula is C32H33FN4O4S. The number of hydrogen-bond donors (Lipinski definition) is 1. The van der Waals surface area contributed by atoms with Crippen LogP contribution >= 0.6 is 0 Å². The Balaban J connectivity index is 1.09. The molecule has 3 aromatic carbocycles. The number of ether oxygens (including phenoxy) is 1. The van der Waals surface area contributed by atoms with Crippen molar-refractivity contribution in [1.82, 2.24) is 14.8 Å². The van der Waals surface area contributed by atoms with Crippen molar-refractivity contribution in [2.45, 2.75) is 36.6 Å². The van der Waals surface area contributed by atoms with E-state index in [4.69, 9.17) is 4.74 Å². The van der Waals surface area contributed by atoms with Gasteiger partial charge >= 0.3 is 0 Å². The van der Waals surface area contributed by atoms with Crippen LogP contribution < -0.4 is 9.46 Å². The number of nitrogens with one attached hydrogen (secondary N) is 1. The van der Waals surface area contributed by atoms with Gasteiger partial charge in [-0.3, -0.25) is 19.4 Å². The van der Waals surface area contributed by atoms with Crippen LogP contribution in [0.15, 0.2) is 77.8 Å². The Morgan fingerprint density at radius 1 is 1.02 bits per heavy atom. The van der Waals surface area contributed by atoms with Crippen molar-refractivity contribution < 1.29 is 22.3 Å². The van der Waals surface area contributed by atoms with Crippen molar-refractivity contribution in [3.05, 3.63) is 95.4 Å². The van der Waals surface area contributed by atoms with Gasteiger partial charge < -0.3 is 9.64 Å². The molecule has 1 saturated carbocycles. The number of carbonyl (C=O) groups is 1. The summed E-state index contributed by atoms with van der Waals surface area (Å²) in [6.45, 7) is 3.01. The Labute approximate surface area is 245 Å². The van der Waals surface area contributed by atoms with E-state index in [1.807, 2.05) is 24.3 Å². The SMILES string of the molecule is COc1ccc(CN2CCN(C(=O)c3ccc(NS(=O)(=O)c4ccc(C5CCC5)c5cccnc45)cc3)CC2)cc1F. The zero-order valence-corrected chi connectivity index (χ0v) is 24.2. The number of fused-ring (bicyclic) bond motifs is 1. The van der Waals surface area contributed by atoms with Gasteiger partial charge in [-0.2, -0.15) is 0 Å². The number of halogens is 1. The van der Waals surface area contributed by atoms with E-state index in [0.29, 0.717) is 55.4 Å². The van der Waals surface area contributed by atoms with Crippen LogP contribution in [-0.2, 0) is 16.6 Å². The molecule has 1 aliphatic heterocycles. The molecule has 2 fully saturated rings. The standard InChI is InChI=1S/C32H33FN4O4S/c1-41-29-13-7-22(20-28(29)33)21-36-16-18-37(19-17-36)32(38)24-8-10-25(11-9-24)35-42(39,40)30-14-12-26(23-4-2-5-23)27-6-3-15-34-31(27)30/h3,6-15,20,23,35H,2,4-5,16-19,21H2,1H3. The van der Waals surface area contributed by atoms with Crippen LogP contribution in [0, 0.1) is 5.82 Å². The molecule has 42 heavy (non-hydrogen) atoms. The zero-order valence-electron chi connectivity index (χ0n) is 23.4. The molecule has 8 nitrogen and oxygen atoms in total. The Hall–Kier alpha value is -4.02. The number of methoxy groups -OCH3 is 1. The molecule has 2 aliphatic rings. The highest BCUT2D eigenvalue weighted by atomic mass is 32.2. The molecule has 0 spiro atoms. The van der Waals surface area contributed by atoms with Crippen LogP contribution in [0.4, 0.5) is 10.1 Å². The molecule has 1 saturated heterocycles. The molecular weight excluding hydrogens is 555 g/mol. The summed E-state index contributed by atoms with van der Waals surface area (Å²) in [7, 11) is -2.47. The number of carbonyl (C=O) groups excluding carboxylic acids is 1. The number of benzene rings is 3. The van der Waals surface area contributed by atoms with Crippen LogP contribution in [0.1, 0.15) is 46.7 Å². The molecule has 0 bridgehead atoms. The Morgan fingerprint density at radius 2 is 1.79 bits per heavy atom. The number of piperazine rings is 1. The monoisotopic (exact) mass is 588 g/mol. The lowest BCUT2D eigenvalue weighted by molar-refractivity contribution is 0.0628. The number of rotatable bonds is 8. The molecule has 0 radical (unpaired) electrons. The number of pyridine rings is 1. The van der Waals surface area contributed by atoms with E-state index in [1.54, 1.807) is 47.5 Å². The third-order valence-electron chi connectivity index (χ3n) is 8.27. The van der Waals surface area contributed by atoms with E-state index in [9.17, 15) is 17.6 Å². The number of hydrogen-bond acceptors (Lipinski definition) is 6. The highest BCUT2D eigenvalue weighted by molar-refractivity contribution is 7.93. The zero-order chi connectivity index (χ0) is 29.3. The molecule has 1 aliphatic carbocycles. The summed E-state index contributed by atoms with van der Waals surface area (Å²) < 4.78 is 48.5. The number of nitrogens with zero attached hydrogens (tertiary/aromatic N) is 3. The van der Waals surface area contributed by atoms with Crippen molar-refractivity contribution >= 4 is 32.5 Å². The summed E-state index contributed by atoms with van der Waals surface area (Å²) in [5.41, 5.74) is 3.33. The smallest absolute Gasteiger partial charge is 0.264 e. The molecule has 1 amide bonds. The Morgan fingerprint density at radius 3 is 2.45 bits per heavy atom. The van der Waals surface area contributed by atoms with Gasteiger partial charge in [-0.05, 0) is 78.4 Å². The first kappa shape index (κ1) is 28.1. The van der Waals surface area contributed by atoms with Crippen molar-refractivity contribution in [3.8, 4) is 5.75 Å². The summed E-state index contributed by atoms with van der Waals surface area (Å²) >= 11 is 0. The Bertz CT molecular complexity index is 1720. The lowest BCUT2D eigenvalue weighted by atomic mass is 9.79. The fourth-order valence-corrected chi connectivity index (χ4v) is 6.93. The maximum atomic E-state index is 14.0. The van der Waals surface area contributed by atoms with E-state index in [-0.39, 0.29) is 22.4 Å². The first-order valence-corrected chi connectivity index (χ1v) is 15.7. The average molecular weight is 589 g/mol. The number of sulfonamides is 1. The predicted octanol–water partition coefficient (Wildman–Crippen LogP) is 5.41. The molecule has 4 aromatic rings. The fraction of sp³-hybridized carbons (Fsp3) is 0.312. The van der Waals surface area contributed by atoms with E-state index in [1.165, 1.54) is 19.6 Å². The maximum absolute atomic E-state index is 14.0. The van der Waals surface area contributed by atoms with E-state index < -0.39 is 10.0 Å². The predicted molar refractivity (Wildman–Crippen MR) is 160 cm³/mol. The molecule has 6 rings (SSSR count). The van der Waals surface area contributed by atoms with Gasteiger partial charge in [0.05, 0.1) is 12.6 Å². The highest BCUT2D eigenvalue weighted by Crippen LogP contribution is 2.40. The normalized spacial score (nSPS) is 16.3. The fourth-order valence-electron chi connectivity index (χ4n) is 5.71. The van der Waals surface area contributed by atoms with E-state index >= 15 is 0 Å². The van der Waals surface area contributed by atoms with E-state index in [0.717, 1.165) is 29.4 Å². The van der Waals surface area contributed by atoms with Gasteiger partial charge in [-0.15, -0.1) is 0 Å². The van der Waals surface area contributed by atoms with Crippen LogP contribution in [-0.4, -0.2) is 62.4 Å². The summed E-state index contributed by atoms with van der Waals surface area (Å²) in [4.78, 5) is 21.7. The van der Waals surface area contributed by atoms with Crippen molar-refractivity contribution in [1.29, 1.82) is 0 Å². The van der Waals surface area contributed by atoms with Crippen LogP contribution in [0.5, 0.6) is 5.75 Å². The van der Waals surface area contributed by atoms with Gasteiger partial charge in [0.1, 0.15) is 4.90 Å². The van der Waals surface area contributed by atoms with Gasteiger partial charge in [0.25, 0.3) is 15.9 Å². The average Bonchev–Trinajstić information content (AvgIpc) is 2.97. The van der Waals surface area contributed by atoms with Gasteiger partial charge in [-0.25, -0.2) is 12.8 Å². The summed E-state index contributed by atoms with van der Waals surface area (Å²) in [6, 6.07) is 18.8. The molecule has 1 N–H and O–H groups in total. The van der Waals surface area contributed by atoms with Crippen molar-refractivity contribution in [2.75, 3.05) is 38.0 Å². The van der Waals surface area contributed by atoms with Crippen LogP contribution in [0.25, 0.3) is 10.9 Å². The quantitative estimate of drug-likeness (QED) is 0.296. The lowest BCUT2D eigenvalue weighted by Crippen LogP contribution is -2.48. The molecule has 10 heteroatoms. The molecule has 0 atom stereocenters. The van der Waals surface area contributed by atoms with Crippen molar-refractivity contribution in [3.63, 3.8) is 0 Å². The second-order valence-corrected chi connectivity index (χ2v) is 12.6. The first-order valence-electron chi connectivity index (χ1n) is 14.2. The number of aromatic nitrogens is 1.